The molecule has 0 aliphatic carbocycles. The van der Waals surface area contributed by atoms with Crippen LogP contribution in [0.25, 0.3) is 0 Å². The van der Waals surface area contributed by atoms with E-state index in [4.69, 9.17) is 9.26 Å². The van der Waals surface area contributed by atoms with E-state index in [1.807, 2.05) is 19.1 Å². The first-order chi connectivity index (χ1) is 13.3. The van der Waals surface area contributed by atoms with Gasteiger partial charge in [0.05, 0.1) is 18.7 Å². The number of ether oxygens (including phenoxy) is 1. The number of allylic oxidation sites excluding steroid dienone is 1. The van der Waals surface area contributed by atoms with Crippen LogP contribution in [0.4, 0.5) is 10.6 Å². The van der Waals surface area contributed by atoms with Crippen LogP contribution in [-0.4, -0.2) is 35.6 Å². The Balaban J connectivity index is 2.09. The van der Waals surface area contributed by atoms with Gasteiger partial charge in [-0.25, -0.2) is 4.79 Å². The third-order valence-corrected chi connectivity index (χ3v) is 5.02. The first-order valence-corrected chi connectivity index (χ1v) is 9.51. The smallest absolute Gasteiger partial charge is 0.322 e. The molecule has 9 heteroatoms. The second-order valence-electron chi connectivity index (χ2n) is 6.29. The van der Waals surface area contributed by atoms with Crippen molar-refractivity contribution in [3.05, 3.63) is 51.3 Å². The van der Waals surface area contributed by atoms with Crippen LogP contribution in [0, 0.1) is 6.92 Å². The average molecular weight is 449 g/mol. The molecule has 0 bridgehead atoms. The predicted molar refractivity (Wildman–Crippen MR) is 107 cm³/mol. The van der Waals surface area contributed by atoms with Crippen LogP contribution in [0.1, 0.15) is 31.2 Å². The van der Waals surface area contributed by atoms with Gasteiger partial charge >= 0.3 is 6.03 Å². The summed E-state index contributed by atoms with van der Waals surface area (Å²) >= 11 is 3.44. The average Bonchev–Trinajstić information content (AvgIpc) is 3.06. The first kappa shape index (κ1) is 19.9. The number of carbonyl (C=O) groups is 2. The third kappa shape index (κ3) is 3.75. The van der Waals surface area contributed by atoms with Gasteiger partial charge < -0.3 is 19.9 Å². The molecule has 1 aromatic heterocycles. The lowest BCUT2D eigenvalue weighted by molar-refractivity contribution is -0.113. The normalized spacial score (nSPS) is 16.8. The highest BCUT2D eigenvalue weighted by molar-refractivity contribution is 9.10. The standard InChI is InChI=1S/C19H21BrN4O4/c1-5-24-11(3)16(18(25)21-15-8-10(2)28-23-15)17(22-19(24)26)13-9-12(20)6-7-14(13)27-4/h6-9,17H,5H2,1-4H3,(H,22,26)(H,21,23,25)/t17-/m0/s1. The monoisotopic (exact) mass is 448 g/mol. The molecule has 0 fully saturated rings. The van der Waals surface area contributed by atoms with E-state index in [1.165, 1.54) is 4.90 Å². The Morgan fingerprint density at radius 2 is 2.14 bits per heavy atom. The summed E-state index contributed by atoms with van der Waals surface area (Å²) in [5.41, 5.74) is 1.64. The van der Waals surface area contributed by atoms with Crippen molar-refractivity contribution in [2.24, 2.45) is 0 Å². The lowest BCUT2D eigenvalue weighted by Gasteiger charge is -2.35. The van der Waals surface area contributed by atoms with E-state index in [0.717, 1.165) is 4.47 Å². The number of aromatic nitrogens is 1. The van der Waals surface area contributed by atoms with Gasteiger partial charge in [0, 0.05) is 28.3 Å². The molecule has 0 saturated heterocycles. The summed E-state index contributed by atoms with van der Waals surface area (Å²) in [6, 6.07) is 6.11. The molecule has 2 N–H and O–H groups in total. The van der Waals surface area contributed by atoms with Crippen LogP contribution < -0.4 is 15.4 Å². The number of benzene rings is 1. The summed E-state index contributed by atoms with van der Waals surface area (Å²) in [5, 5.41) is 9.47. The summed E-state index contributed by atoms with van der Waals surface area (Å²) in [5.74, 6) is 1.08. The lowest BCUT2D eigenvalue weighted by atomic mass is 9.93. The first-order valence-electron chi connectivity index (χ1n) is 8.72. The van der Waals surface area contributed by atoms with Gasteiger partial charge in [-0.3, -0.25) is 9.69 Å². The lowest BCUT2D eigenvalue weighted by Crippen LogP contribution is -2.48. The van der Waals surface area contributed by atoms with Crippen molar-refractivity contribution in [3.63, 3.8) is 0 Å². The number of urea groups is 1. The minimum Gasteiger partial charge on any atom is -0.496 e. The maximum absolute atomic E-state index is 13.1. The molecule has 0 saturated carbocycles. The Morgan fingerprint density at radius 3 is 2.75 bits per heavy atom. The van der Waals surface area contributed by atoms with Gasteiger partial charge in [-0.2, -0.15) is 0 Å². The van der Waals surface area contributed by atoms with Crippen molar-refractivity contribution in [1.29, 1.82) is 0 Å². The van der Waals surface area contributed by atoms with Gasteiger partial charge in [-0.15, -0.1) is 0 Å². The van der Waals surface area contributed by atoms with Crippen LogP contribution in [0.15, 0.2) is 44.5 Å². The molecule has 2 aromatic rings. The summed E-state index contributed by atoms with van der Waals surface area (Å²) < 4.78 is 11.3. The Labute approximate surface area is 171 Å². The number of rotatable bonds is 5. The Kier molecular flexibility index (Phi) is 5.73. The largest absolute Gasteiger partial charge is 0.496 e. The molecule has 8 nitrogen and oxygen atoms in total. The van der Waals surface area contributed by atoms with Crippen molar-refractivity contribution in [2.75, 3.05) is 19.0 Å². The minimum atomic E-state index is -0.684. The highest BCUT2D eigenvalue weighted by atomic mass is 79.9. The van der Waals surface area contributed by atoms with Gasteiger partial charge in [0.15, 0.2) is 5.82 Å². The number of aryl methyl sites for hydroxylation is 1. The van der Waals surface area contributed by atoms with Crippen LogP contribution in [0.5, 0.6) is 5.75 Å². The fraction of sp³-hybridized carbons (Fsp3) is 0.316. The molecule has 148 valence electrons. The number of nitrogens with zero attached hydrogens (tertiary/aromatic N) is 2. The number of hydrogen-bond donors (Lipinski definition) is 2. The van der Waals surface area contributed by atoms with E-state index in [0.29, 0.717) is 40.7 Å². The van der Waals surface area contributed by atoms with Gasteiger partial charge in [-0.05, 0) is 39.0 Å². The zero-order valence-electron chi connectivity index (χ0n) is 16.0. The van der Waals surface area contributed by atoms with Crippen LogP contribution >= 0.6 is 15.9 Å². The van der Waals surface area contributed by atoms with E-state index in [9.17, 15) is 9.59 Å². The maximum atomic E-state index is 13.1. The molecule has 28 heavy (non-hydrogen) atoms. The van der Waals surface area contributed by atoms with Crippen LogP contribution in [-0.2, 0) is 4.79 Å². The molecule has 3 rings (SSSR count). The summed E-state index contributed by atoms with van der Waals surface area (Å²) in [6.07, 6.45) is 0. The number of halogens is 1. The van der Waals surface area contributed by atoms with E-state index >= 15 is 0 Å². The van der Waals surface area contributed by atoms with E-state index in [-0.39, 0.29) is 11.9 Å². The van der Waals surface area contributed by atoms with Crippen LogP contribution in [0.3, 0.4) is 0 Å². The Bertz CT molecular complexity index is 953. The second kappa shape index (κ2) is 8.05. The fourth-order valence-corrected chi connectivity index (χ4v) is 3.61. The zero-order chi connectivity index (χ0) is 20.4. The molecule has 0 spiro atoms. The molecule has 1 atom stereocenters. The summed E-state index contributed by atoms with van der Waals surface area (Å²) in [6.45, 7) is 5.77. The zero-order valence-corrected chi connectivity index (χ0v) is 17.6. The molecule has 2 heterocycles. The van der Waals surface area contributed by atoms with E-state index in [2.05, 4.69) is 31.7 Å². The van der Waals surface area contributed by atoms with Gasteiger partial charge in [0.2, 0.25) is 0 Å². The molecule has 0 radical (unpaired) electrons. The molecular weight excluding hydrogens is 428 g/mol. The SMILES string of the molecule is CCN1C(=O)N[C@@H](c2cc(Br)ccc2OC)C(C(=O)Nc2cc(C)on2)=C1C. The second-order valence-corrected chi connectivity index (χ2v) is 7.20. The highest BCUT2D eigenvalue weighted by Gasteiger charge is 2.36. The topological polar surface area (TPSA) is 96.7 Å². The van der Waals surface area contributed by atoms with Gasteiger partial charge in [-0.1, -0.05) is 21.1 Å². The Morgan fingerprint density at radius 1 is 1.39 bits per heavy atom. The quantitative estimate of drug-likeness (QED) is 0.725. The molecule has 1 aliphatic heterocycles. The van der Waals surface area contributed by atoms with Crippen molar-refractivity contribution in [3.8, 4) is 5.75 Å². The number of amides is 3. The molecule has 1 aromatic carbocycles. The minimum absolute atomic E-state index is 0.277. The number of hydrogen-bond acceptors (Lipinski definition) is 5. The number of anilines is 1. The van der Waals surface area contributed by atoms with E-state index < -0.39 is 6.04 Å². The van der Waals surface area contributed by atoms with Crippen molar-refractivity contribution < 1.29 is 18.8 Å². The van der Waals surface area contributed by atoms with Crippen molar-refractivity contribution in [2.45, 2.75) is 26.8 Å². The number of nitrogens with one attached hydrogen (secondary N) is 2. The molecular formula is C19H21BrN4O4. The molecule has 1 aliphatic rings. The van der Waals surface area contributed by atoms with Crippen molar-refractivity contribution >= 4 is 33.7 Å². The molecule has 0 unspecified atom stereocenters. The van der Waals surface area contributed by atoms with Gasteiger partial charge in [0.1, 0.15) is 11.5 Å². The van der Waals surface area contributed by atoms with Gasteiger partial charge in [0.25, 0.3) is 5.91 Å². The highest BCUT2D eigenvalue weighted by Crippen LogP contribution is 2.37. The van der Waals surface area contributed by atoms with Crippen LogP contribution in [0.2, 0.25) is 0 Å². The maximum Gasteiger partial charge on any atom is 0.322 e. The fourth-order valence-electron chi connectivity index (χ4n) is 3.23. The summed E-state index contributed by atoms with van der Waals surface area (Å²) in [4.78, 5) is 27.3. The molecule has 3 amide bonds. The van der Waals surface area contributed by atoms with E-state index in [1.54, 1.807) is 33.1 Å². The third-order valence-electron chi connectivity index (χ3n) is 4.53. The number of methoxy groups -OCH3 is 1. The summed E-state index contributed by atoms with van der Waals surface area (Å²) in [7, 11) is 1.55. The van der Waals surface area contributed by atoms with Crippen molar-refractivity contribution in [1.82, 2.24) is 15.4 Å². The predicted octanol–water partition coefficient (Wildman–Crippen LogP) is 3.75. The Hall–Kier alpha value is -2.81. The number of carbonyl (C=O) groups excluding carboxylic acids is 2.